The molecule has 1 aromatic heterocycles. The molecule has 3 aromatic rings. The van der Waals surface area contributed by atoms with Gasteiger partial charge < -0.3 is 4.57 Å². The minimum Gasteiger partial charge on any atom is -0.311 e. The largest absolute Gasteiger partial charge is 0.311 e. The SMILES string of the molecule is O=[N+]([O-])c1ccc(S(=O)(=O)Nc2ccc(-c3nnc4n3CCCCC4)cc2)cc1. The molecule has 29 heavy (non-hydrogen) atoms. The van der Waals surface area contributed by atoms with E-state index in [9.17, 15) is 18.5 Å². The van der Waals surface area contributed by atoms with Crippen LogP contribution in [0.25, 0.3) is 11.4 Å². The highest BCUT2D eigenvalue weighted by molar-refractivity contribution is 7.92. The molecule has 0 fully saturated rings. The molecule has 0 amide bonds. The Morgan fingerprint density at radius 2 is 1.69 bits per heavy atom. The zero-order valence-corrected chi connectivity index (χ0v) is 16.3. The highest BCUT2D eigenvalue weighted by Gasteiger charge is 2.18. The Hall–Kier alpha value is -3.27. The molecule has 0 atom stereocenters. The van der Waals surface area contributed by atoms with E-state index in [1.54, 1.807) is 24.3 Å². The fourth-order valence-corrected chi connectivity index (χ4v) is 4.41. The van der Waals surface area contributed by atoms with Crippen LogP contribution in [0, 0.1) is 10.1 Å². The minimum absolute atomic E-state index is 0.0463. The summed E-state index contributed by atoms with van der Waals surface area (Å²) in [7, 11) is -3.85. The number of aryl methyl sites for hydroxylation is 1. The van der Waals surface area contributed by atoms with Crippen LogP contribution in [-0.2, 0) is 23.0 Å². The third-order valence-corrected chi connectivity index (χ3v) is 6.26. The molecule has 1 aliphatic heterocycles. The number of hydrogen-bond acceptors (Lipinski definition) is 6. The zero-order chi connectivity index (χ0) is 20.4. The molecule has 0 bridgehead atoms. The van der Waals surface area contributed by atoms with E-state index in [1.807, 2.05) is 0 Å². The van der Waals surface area contributed by atoms with Crippen LogP contribution in [0.2, 0.25) is 0 Å². The van der Waals surface area contributed by atoms with E-state index in [0.29, 0.717) is 5.69 Å². The molecule has 0 radical (unpaired) electrons. The van der Waals surface area contributed by atoms with E-state index >= 15 is 0 Å². The van der Waals surface area contributed by atoms with E-state index in [-0.39, 0.29) is 10.6 Å². The highest BCUT2D eigenvalue weighted by Crippen LogP contribution is 2.25. The van der Waals surface area contributed by atoms with Crippen LogP contribution in [0.3, 0.4) is 0 Å². The average molecular weight is 413 g/mol. The molecule has 0 aliphatic carbocycles. The van der Waals surface area contributed by atoms with Crippen LogP contribution in [0.1, 0.15) is 25.1 Å². The number of nitrogens with zero attached hydrogens (tertiary/aromatic N) is 4. The van der Waals surface area contributed by atoms with Crippen molar-refractivity contribution in [2.75, 3.05) is 4.72 Å². The van der Waals surface area contributed by atoms with Gasteiger partial charge in [0.15, 0.2) is 5.82 Å². The Morgan fingerprint density at radius 1 is 0.966 bits per heavy atom. The lowest BCUT2D eigenvalue weighted by molar-refractivity contribution is -0.384. The first kappa shape index (κ1) is 19.1. The van der Waals surface area contributed by atoms with Crippen molar-refractivity contribution in [2.45, 2.75) is 37.1 Å². The summed E-state index contributed by atoms with van der Waals surface area (Å²) in [5, 5.41) is 19.3. The van der Waals surface area contributed by atoms with Gasteiger partial charge in [-0.15, -0.1) is 10.2 Å². The van der Waals surface area contributed by atoms with E-state index < -0.39 is 14.9 Å². The molecule has 0 unspecified atom stereocenters. The number of non-ortho nitro benzene ring substituents is 1. The molecule has 10 heteroatoms. The summed E-state index contributed by atoms with van der Waals surface area (Å²) in [5.41, 5.74) is 1.09. The van der Waals surface area contributed by atoms with Gasteiger partial charge >= 0.3 is 0 Å². The van der Waals surface area contributed by atoms with Crippen molar-refractivity contribution >= 4 is 21.4 Å². The first-order chi connectivity index (χ1) is 13.9. The highest BCUT2D eigenvalue weighted by atomic mass is 32.2. The van der Waals surface area contributed by atoms with Crippen LogP contribution in [0.5, 0.6) is 0 Å². The monoisotopic (exact) mass is 413 g/mol. The van der Waals surface area contributed by atoms with Gasteiger partial charge in [0, 0.05) is 36.3 Å². The second kappa shape index (κ2) is 7.63. The van der Waals surface area contributed by atoms with Gasteiger partial charge in [-0.1, -0.05) is 6.42 Å². The average Bonchev–Trinajstić information content (AvgIpc) is 2.96. The minimum atomic E-state index is -3.85. The lowest BCUT2D eigenvalue weighted by Crippen LogP contribution is -2.12. The third kappa shape index (κ3) is 3.97. The van der Waals surface area contributed by atoms with Crippen molar-refractivity contribution in [1.29, 1.82) is 0 Å². The molecule has 2 heterocycles. The normalized spacial score (nSPS) is 14.1. The van der Waals surface area contributed by atoms with Gasteiger partial charge in [-0.3, -0.25) is 14.8 Å². The Balaban J connectivity index is 1.54. The molecule has 0 spiro atoms. The Labute approximate surface area is 167 Å². The number of nitro benzene ring substituents is 1. The number of nitrogens with one attached hydrogen (secondary N) is 1. The second-order valence-corrected chi connectivity index (χ2v) is 8.52. The maximum Gasteiger partial charge on any atom is 0.269 e. The Bertz CT molecular complexity index is 1140. The summed E-state index contributed by atoms with van der Waals surface area (Å²) in [6.07, 6.45) is 4.29. The number of rotatable bonds is 5. The first-order valence-corrected chi connectivity index (χ1v) is 10.7. The van der Waals surface area contributed by atoms with Gasteiger partial charge in [0.2, 0.25) is 0 Å². The van der Waals surface area contributed by atoms with Crippen molar-refractivity contribution in [1.82, 2.24) is 14.8 Å². The number of hydrogen-bond donors (Lipinski definition) is 1. The molecular weight excluding hydrogens is 394 g/mol. The number of fused-ring (bicyclic) bond motifs is 1. The number of nitro groups is 1. The Kier molecular flexibility index (Phi) is 5.01. The maximum absolute atomic E-state index is 12.5. The third-order valence-electron chi connectivity index (χ3n) is 4.86. The van der Waals surface area contributed by atoms with Gasteiger partial charge in [-0.25, -0.2) is 8.42 Å². The van der Waals surface area contributed by atoms with Crippen molar-refractivity contribution < 1.29 is 13.3 Å². The molecule has 150 valence electrons. The van der Waals surface area contributed by atoms with Crippen molar-refractivity contribution in [3.05, 3.63) is 64.5 Å². The summed E-state index contributed by atoms with van der Waals surface area (Å²) in [5.74, 6) is 1.77. The molecule has 9 nitrogen and oxygen atoms in total. The predicted octanol–water partition coefficient (Wildman–Crippen LogP) is 3.38. The second-order valence-electron chi connectivity index (χ2n) is 6.84. The number of aromatic nitrogens is 3. The summed E-state index contributed by atoms with van der Waals surface area (Å²) in [4.78, 5) is 10.1. The van der Waals surface area contributed by atoms with E-state index in [2.05, 4.69) is 19.5 Å². The molecule has 1 N–H and O–H groups in total. The molecule has 4 rings (SSSR count). The van der Waals surface area contributed by atoms with E-state index in [1.165, 1.54) is 18.6 Å². The van der Waals surface area contributed by atoms with Crippen molar-refractivity contribution in [3.63, 3.8) is 0 Å². The zero-order valence-electron chi connectivity index (χ0n) is 15.5. The number of anilines is 1. The summed E-state index contributed by atoms with van der Waals surface area (Å²) in [6, 6.07) is 11.7. The van der Waals surface area contributed by atoms with Gasteiger partial charge in [0.05, 0.1) is 9.82 Å². The molecule has 1 aliphatic rings. The van der Waals surface area contributed by atoms with E-state index in [0.717, 1.165) is 55.2 Å². The lowest BCUT2D eigenvalue weighted by atomic mass is 10.2. The molecule has 2 aromatic carbocycles. The number of benzene rings is 2. The van der Waals surface area contributed by atoms with Crippen LogP contribution in [0.15, 0.2) is 53.4 Å². The van der Waals surface area contributed by atoms with Crippen LogP contribution in [-0.4, -0.2) is 28.1 Å². The fraction of sp³-hybridized carbons (Fsp3) is 0.263. The molecule has 0 saturated heterocycles. The van der Waals surface area contributed by atoms with Gasteiger partial charge in [0.1, 0.15) is 5.82 Å². The smallest absolute Gasteiger partial charge is 0.269 e. The predicted molar refractivity (Wildman–Crippen MR) is 107 cm³/mol. The lowest BCUT2D eigenvalue weighted by Gasteiger charge is -2.10. The topological polar surface area (TPSA) is 120 Å². The molecule has 0 saturated carbocycles. The summed E-state index contributed by atoms with van der Waals surface area (Å²) in [6.45, 7) is 0.881. The van der Waals surface area contributed by atoms with Crippen molar-refractivity contribution in [2.24, 2.45) is 0 Å². The fourth-order valence-electron chi connectivity index (χ4n) is 3.35. The van der Waals surface area contributed by atoms with E-state index in [4.69, 9.17) is 0 Å². The van der Waals surface area contributed by atoms with Crippen LogP contribution < -0.4 is 4.72 Å². The first-order valence-electron chi connectivity index (χ1n) is 9.24. The summed E-state index contributed by atoms with van der Waals surface area (Å²) < 4.78 is 29.7. The summed E-state index contributed by atoms with van der Waals surface area (Å²) >= 11 is 0. The standard InChI is InChI=1S/C19H19N5O4S/c25-24(26)16-9-11-17(12-10-16)29(27,28)22-15-7-5-14(6-8-15)19-21-20-18-4-2-1-3-13-23(18)19/h5-12,22H,1-4,13H2. The van der Waals surface area contributed by atoms with Crippen LogP contribution in [0.4, 0.5) is 11.4 Å². The van der Waals surface area contributed by atoms with Crippen molar-refractivity contribution in [3.8, 4) is 11.4 Å². The quantitative estimate of drug-likeness (QED) is 0.506. The van der Waals surface area contributed by atoms with Gasteiger partial charge in [-0.2, -0.15) is 0 Å². The van der Waals surface area contributed by atoms with Gasteiger partial charge in [0.25, 0.3) is 15.7 Å². The molecular formula is C19H19N5O4S. The number of sulfonamides is 1. The maximum atomic E-state index is 12.5. The van der Waals surface area contributed by atoms with Crippen LogP contribution >= 0.6 is 0 Å². The Morgan fingerprint density at radius 3 is 2.38 bits per heavy atom. The van der Waals surface area contributed by atoms with Gasteiger partial charge in [-0.05, 0) is 49.2 Å².